The van der Waals surface area contributed by atoms with Crippen molar-refractivity contribution in [1.82, 2.24) is 24.3 Å². The van der Waals surface area contributed by atoms with Gasteiger partial charge in [-0.1, -0.05) is 23.9 Å². The summed E-state index contributed by atoms with van der Waals surface area (Å²) in [6, 6.07) is 7.41. The van der Waals surface area contributed by atoms with Gasteiger partial charge >= 0.3 is 6.55 Å². The molecule has 1 aliphatic rings. The first-order valence-corrected chi connectivity index (χ1v) is 7.99. The normalized spacial score (nSPS) is 15.0. The molecule has 0 amide bonds. The Morgan fingerprint density at radius 3 is 2.86 bits per heavy atom. The van der Waals surface area contributed by atoms with Crippen LogP contribution in [0.1, 0.15) is 31.3 Å². The van der Waals surface area contributed by atoms with Crippen molar-refractivity contribution in [3.63, 3.8) is 0 Å². The average Bonchev–Trinajstić information content (AvgIpc) is 3.12. The lowest BCUT2D eigenvalue weighted by Gasteiger charge is -2.08. The van der Waals surface area contributed by atoms with E-state index in [1.165, 1.54) is 11.8 Å². The third-order valence-electron chi connectivity index (χ3n) is 3.67. The zero-order chi connectivity index (χ0) is 15.1. The van der Waals surface area contributed by atoms with Crippen LogP contribution in [0.25, 0.3) is 11.0 Å². The summed E-state index contributed by atoms with van der Waals surface area (Å²) in [6.45, 7) is -2.61. The monoisotopic (exact) mass is 321 g/mol. The maximum absolute atomic E-state index is 13.4. The van der Waals surface area contributed by atoms with Crippen LogP contribution in [0.4, 0.5) is 8.78 Å². The summed E-state index contributed by atoms with van der Waals surface area (Å²) in [5.41, 5.74) is 1.04. The summed E-state index contributed by atoms with van der Waals surface area (Å²) in [7, 11) is 0. The molecule has 0 radical (unpaired) electrons. The van der Waals surface area contributed by atoms with Crippen molar-refractivity contribution in [3.05, 3.63) is 36.4 Å². The van der Waals surface area contributed by atoms with Gasteiger partial charge in [-0.05, 0) is 25.0 Å². The van der Waals surface area contributed by atoms with Gasteiger partial charge in [0.15, 0.2) is 5.16 Å². The molecule has 1 fully saturated rings. The van der Waals surface area contributed by atoms with Gasteiger partial charge in [-0.3, -0.25) is 4.57 Å². The number of hydrogen-bond donors (Lipinski definition) is 0. The number of alkyl halides is 2. The van der Waals surface area contributed by atoms with Crippen LogP contribution in [0, 0.1) is 0 Å². The van der Waals surface area contributed by atoms with Gasteiger partial charge in [-0.25, -0.2) is 4.98 Å². The molecule has 0 aliphatic heterocycles. The van der Waals surface area contributed by atoms with Crippen molar-refractivity contribution in [2.45, 2.75) is 36.3 Å². The molecule has 22 heavy (non-hydrogen) atoms. The second-order valence-corrected chi connectivity index (χ2v) is 6.15. The van der Waals surface area contributed by atoms with E-state index in [0.29, 0.717) is 28.7 Å². The lowest BCUT2D eigenvalue weighted by molar-refractivity contribution is 0.0722. The Bertz CT molecular complexity index is 809. The lowest BCUT2D eigenvalue weighted by atomic mass is 10.3. The zero-order valence-corrected chi connectivity index (χ0v) is 12.4. The fourth-order valence-electron chi connectivity index (χ4n) is 2.48. The van der Waals surface area contributed by atoms with Crippen molar-refractivity contribution >= 4 is 22.8 Å². The number of hydrogen-bond acceptors (Lipinski definition) is 4. The molecular weight excluding hydrogens is 308 g/mol. The number of rotatable bonds is 5. The SMILES string of the molecule is FC(F)n1c(CSc2nncn2C2CC2)nc2ccccc21. The zero-order valence-electron chi connectivity index (χ0n) is 11.6. The predicted octanol–water partition coefficient (Wildman–Crippen LogP) is 3.65. The first-order chi connectivity index (χ1) is 10.7. The van der Waals surface area contributed by atoms with Crippen LogP contribution in [-0.4, -0.2) is 24.3 Å². The molecule has 3 aromatic rings. The largest absolute Gasteiger partial charge is 0.320 e. The lowest BCUT2D eigenvalue weighted by Crippen LogP contribution is -2.04. The van der Waals surface area contributed by atoms with E-state index in [4.69, 9.17) is 0 Å². The number of nitrogens with zero attached hydrogens (tertiary/aromatic N) is 5. The van der Waals surface area contributed by atoms with Crippen LogP contribution in [0.2, 0.25) is 0 Å². The van der Waals surface area contributed by atoms with E-state index in [1.54, 1.807) is 30.6 Å². The highest BCUT2D eigenvalue weighted by atomic mass is 32.2. The molecule has 0 unspecified atom stereocenters. The maximum atomic E-state index is 13.4. The topological polar surface area (TPSA) is 48.5 Å². The van der Waals surface area contributed by atoms with Crippen molar-refractivity contribution < 1.29 is 8.78 Å². The molecule has 2 aromatic heterocycles. The highest BCUT2D eigenvalue weighted by Gasteiger charge is 2.26. The number of benzene rings is 1. The molecular formula is C14H13F2N5S. The summed E-state index contributed by atoms with van der Waals surface area (Å²) in [5.74, 6) is 0.691. The molecule has 5 nitrogen and oxygen atoms in total. The molecule has 2 heterocycles. The first kappa shape index (κ1) is 13.7. The van der Waals surface area contributed by atoms with E-state index in [1.807, 2.05) is 4.57 Å². The molecule has 114 valence electrons. The third-order valence-corrected chi connectivity index (χ3v) is 4.63. The number of imidazole rings is 1. The van der Waals surface area contributed by atoms with Gasteiger partial charge in [0.2, 0.25) is 0 Å². The highest BCUT2D eigenvalue weighted by Crippen LogP contribution is 2.38. The van der Waals surface area contributed by atoms with E-state index in [2.05, 4.69) is 15.2 Å². The van der Waals surface area contributed by atoms with Crippen molar-refractivity contribution in [3.8, 4) is 0 Å². The number of fused-ring (bicyclic) bond motifs is 1. The molecule has 4 rings (SSSR count). The molecule has 0 bridgehead atoms. The van der Waals surface area contributed by atoms with Crippen LogP contribution in [-0.2, 0) is 5.75 Å². The van der Waals surface area contributed by atoms with Gasteiger partial charge in [-0.2, -0.15) is 8.78 Å². The van der Waals surface area contributed by atoms with Gasteiger partial charge in [0.1, 0.15) is 12.2 Å². The van der Waals surface area contributed by atoms with E-state index in [-0.39, 0.29) is 0 Å². The van der Waals surface area contributed by atoms with Crippen LogP contribution in [0.15, 0.2) is 35.7 Å². The molecule has 0 saturated heterocycles. The minimum absolute atomic E-state index is 0.338. The third kappa shape index (κ3) is 2.37. The Balaban J connectivity index is 1.63. The summed E-state index contributed by atoms with van der Waals surface area (Å²) in [6.07, 6.45) is 3.96. The van der Waals surface area contributed by atoms with Crippen molar-refractivity contribution in [2.75, 3.05) is 0 Å². The van der Waals surface area contributed by atoms with Crippen LogP contribution < -0.4 is 0 Å². The van der Waals surface area contributed by atoms with Crippen molar-refractivity contribution in [1.29, 1.82) is 0 Å². The van der Waals surface area contributed by atoms with E-state index in [9.17, 15) is 8.78 Å². The van der Waals surface area contributed by atoms with Crippen LogP contribution >= 0.6 is 11.8 Å². The smallest absolute Gasteiger partial charge is 0.306 e. The number of para-hydroxylation sites is 2. The predicted molar refractivity (Wildman–Crippen MR) is 78.8 cm³/mol. The molecule has 1 aliphatic carbocycles. The minimum atomic E-state index is -2.61. The molecule has 0 atom stereocenters. The van der Waals surface area contributed by atoms with Crippen LogP contribution in [0.5, 0.6) is 0 Å². The fraction of sp³-hybridized carbons (Fsp3) is 0.357. The molecule has 8 heteroatoms. The van der Waals surface area contributed by atoms with E-state index >= 15 is 0 Å². The number of halogens is 2. The summed E-state index contributed by atoms with van der Waals surface area (Å²) in [5, 5.41) is 8.74. The Labute approximate surface area is 129 Å². The standard InChI is InChI=1S/C14H13F2N5S/c15-13(16)21-11-4-2-1-3-10(11)18-12(21)7-22-14-19-17-8-20(14)9-5-6-9/h1-4,8-9,13H,5-7H2. The quantitative estimate of drug-likeness (QED) is 0.673. The van der Waals surface area contributed by atoms with Crippen LogP contribution in [0.3, 0.4) is 0 Å². The number of thioether (sulfide) groups is 1. The number of aromatic nitrogens is 5. The van der Waals surface area contributed by atoms with Gasteiger partial charge in [0.05, 0.1) is 16.8 Å². The van der Waals surface area contributed by atoms with Crippen molar-refractivity contribution in [2.24, 2.45) is 0 Å². The van der Waals surface area contributed by atoms with Gasteiger partial charge < -0.3 is 4.57 Å². The first-order valence-electron chi connectivity index (χ1n) is 7.00. The highest BCUT2D eigenvalue weighted by molar-refractivity contribution is 7.98. The van der Waals surface area contributed by atoms with E-state index < -0.39 is 6.55 Å². The Hall–Kier alpha value is -1.96. The summed E-state index contributed by atoms with van der Waals surface area (Å²) < 4.78 is 29.7. The summed E-state index contributed by atoms with van der Waals surface area (Å²) in [4.78, 5) is 4.33. The van der Waals surface area contributed by atoms with Gasteiger partial charge in [-0.15, -0.1) is 10.2 Å². The summed E-state index contributed by atoms with van der Waals surface area (Å²) >= 11 is 1.39. The minimum Gasteiger partial charge on any atom is -0.306 e. The second kappa shape index (κ2) is 5.35. The fourth-order valence-corrected chi connectivity index (χ4v) is 3.39. The Morgan fingerprint density at radius 2 is 2.09 bits per heavy atom. The molecule has 1 aromatic carbocycles. The Morgan fingerprint density at radius 1 is 1.27 bits per heavy atom. The average molecular weight is 321 g/mol. The maximum Gasteiger partial charge on any atom is 0.320 e. The molecule has 0 N–H and O–H groups in total. The van der Waals surface area contributed by atoms with E-state index in [0.717, 1.165) is 22.6 Å². The second-order valence-electron chi connectivity index (χ2n) is 5.21. The van der Waals surface area contributed by atoms with Gasteiger partial charge in [0, 0.05) is 6.04 Å². The molecule has 0 spiro atoms. The Kier molecular flexibility index (Phi) is 3.33. The van der Waals surface area contributed by atoms with Gasteiger partial charge in [0.25, 0.3) is 0 Å². The molecule has 1 saturated carbocycles.